The van der Waals surface area contributed by atoms with Crippen molar-refractivity contribution in [3.8, 4) is 6.07 Å². The minimum atomic E-state index is -0.289. The number of esters is 1. The number of aromatic nitrogens is 2. The van der Waals surface area contributed by atoms with E-state index >= 15 is 0 Å². The monoisotopic (exact) mass is 193 g/mol. The standard InChI is InChI=1S/C9H11N3O2/c1-7(9(13)14-2)6-12-4-3-11-8(12)5-10/h3-4,7H,6H2,1-2H3. The van der Waals surface area contributed by atoms with Crippen LogP contribution in [0.4, 0.5) is 0 Å². The lowest BCUT2D eigenvalue weighted by Crippen LogP contribution is -2.19. The molecule has 1 unspecified atom stereocenters. The van der Waals surface area contributed by atoms with E-state index in [2.05, 4.69) is 9.72 Å². The molecule has 0 aliphatic heterocycles. The van der Waals surface area contributed by atoms with Gasteiger partial charge in [-0.25, -0.2) is 4.98 Å². The predicted octanol–water partition coefficient (Wildman–Crippen LogP) is 0.564. The van der Waals surface area contributed by atoms with Crippen LogP contribution in [0.2, 0.25) is 0 Å². The molecule has 0 saturated heterocycles. The molecule has 5 heteroatoms. The van der Waals surface area contributed by atoms with E-state index in [1.165, 1.54) is 13.3 Å². The summed E-state index contributed by atoms with van der Waals surface area (Å²) in [5, 5.41) is 8.67. The molecular weight excluding hydrogens is 182 g/mol. The fourth-order valence-corrected chi connectivity index (χ4v) is 1.14. The first kappa shape index (κ1) is 10.3. The number of carbonyl (C=O) groups is 1. The van der Waals surface area contributed by atoms with Gasteiger partial charge in [0.1, 0.15) is 6.07 Å². The Labute approximate surface area is 81.9 Å². The van der Waals surface area contributed by atoms with Crippen molar-refractivity contribution in [2.75, 3.05) is 7.11 Å². The molecule has 0 aliphatic carbocycles. The Hall–Kier alpha value is -1.83. The molecule has 0 bridgehead atoms. The number of methoxy groups -OCH3 is 1. The molecule has 0 radical (unpaired) electrons. The number of nitriles is 1. The zero-order valence-corrected chi connectivity index (χ0v) is 8.10. The molecule has 5 nitrogen and oxygen atoms in total. The summed E-state index contributed by atoms with van der Waals surface area (Å²) in [7, 11) is 1.35. The molecule has 1 aromatic heterocycles. The van der Waals surface area contributed by atoms with E-state index in [4.69, 9.17) is 5.26 Å². The Bertz CT molecular complexity index is 364. The number of hydrogen-bond donors (Lipinski definition) is 0. The topological polar surface area (TPSA) is 67.9 Å². The van der Waals surface area contributed by atoms with E-state index in [9.17, 15) is 4.79 Å². The highest BCUT2D eigenvalue weighted by molar-refractivity contribution is 5.71. The number of nitrogens with zero attached hydrogens (tertiary/aromatic N) is 3. The molecule has 0 fully saturated rings. The van der Waals surface area contributed by atoms with Gasteiger partial charge < -0.3 is 9.30 Å². The molecule has 0 amide bonds. The normalized spacial score (nSPS) is 11.8. The van der Waals surface area contributed by atoms with Gasteiger partial charge in [0.15, 0.2) is 0 Å². The van der Waals surface area contributed by atoms with Crippen LogP contribution < -0.4 is 0 Å². The lowest BCUT2D eigenvalue weighted by atomic mass is 10.2. The molecule has 0 saturated carbocycles. The first-order valence-electron chi connectivity index (χ1n) is 4.18. The third-order valence-electron chi connectivity index (χ3n) is 1.89. The highest BCUT2D eigenvalue weighted by Gasteiger charge is 2.14. The fourth-order valence-electron chi connectivity index (χ4n) is 1.14. The smallest absolute Gasteiger partial charge is 0.310 e. The minimum Gasteiger partial charge on any atom is -0.469 e. The second-order valence-electron chi connectivity index (χ2n) is 2.94. The number of rotatable bonds is 3. The van der Waals surface area contributed by atoms with Crippen LogP contribution in [0.3, 0.4) is 0 Å². The fraction of sp³-hybridized carbons (Fsp3) is 0.444. The second kappa shape index (κ2) is 4.42. The molecule has 0 N–H and O–H groups in total. The van der Waals surface area contributed by atoms with E-state index in [0.717, 1.165) is 0 Å². The van der Waals surface area contributed by atoms with Crippen LogP contribution in [-0.4, -0.2) is 22.6 Å². The minimum absolute atomic E-state index is 0.277. The SMILES string of the molecule is COC(=O)C(C)Cn1ccnc1C#N. The van der Waals surface area contributed by atoms with Gasteiger partial charge in [-0.15, -0.1) is 0 Å². The molecule has 74 valence electrons. The van der Waals surface area contributed by atoms with Crippen molar-refractivity contribution in [3.63, 3.8) is 0 Å². The van der Waals surface area contributed by atoms with Crippen molar-refractivity contribution in [1.29, 1.82) is 5.26 Å². The van der Waals surface area contributed by atoms with E-state index in [1.54, 1.807) is 17.7 Å². The zero-order valence-electron chi connectivity index (χ0n) is 8.10. The van der Waals surface area contributed by atoms with Crippen LogP contribution in [0.1, 0.15) is 12.7 Å². The lowest BCUT2D eigenvalue weighted by Gasteiger charge is -2.09. The van der Waals surface area contributed by atoms with Gasteiger partial charge in [-0.2, -0.15) is 5.26 Å². The third kappa shape index (κ3) is 2.10. The highest BCUT2D eigenvalue weighted by atomic mass is 16.5. The molecular formula is C9H11N3O2. The van der Waals surface area contributed by atoms with Gasteiger partial charge in [-0.1, -0.05) is 6.92 Å². The van der Waals surface area contributed by atoms with Gasteiger partial charge in [0, 0.05) is 18.9 Å². The molecule has 1 atom stereocenters. The van der Waals surface area contributed by atoms with Crippen LogP contribution in [0.5, 0.6) is 0 Å². The summed E-state index contributed by atoms with van der Waals surface area (Å²) in [6.45, 7) is 2.16. The van der Waals surface area contributed by atoms with E-state index in [0.29, 0.717) is 12.4 Å². The van der Waals surface area contributed by atoms with Crippen molar-refractivity contribution >= 4 is 5.97 Å². The van der Waals surface area contributed by atoms with Crippen molar-refractivity contribution in [1.82, 2.24) is 9.55 Å². The summed E-state index contributed by atoms with van der Waals surface area (Å²) in [6.07, 6.45) is 3.19. The summed E-state index contributed by atoms with van der Waals surface area (Å²) in [6, 6.07) is 1.94. The van der Waals surface area contributed by atoms with E-state index in [1.807, 2.05) is 6.07 Å². The van der Waals surface area contributed by atoms with Crippen LogP contribution in [0.25, 0.3) is 0 Å². The summed E-state index contributed by atoms with van der Waals surface area (Å²) in [5.41, 5.74) is 0. The molecule has 0 aromatic carbocycles. The number of carbonyl (C=O) groups excluding carboxylic acids is 1. The molecule has 1 aromatic rings. The molecule has 1 heterocycles. The van der Waals surface area contributed by atoms with Crippen molar-refractivity contribution in [2.24, 2.45) is 5.92 Å². The molecule has 1 rings (SSSR count). The number of hydrogen-bond acceptors (Lipinski definition) is 4. The largest absolute Gasteiger partial charge is 0.469 e. The van der Waals surface area contributed by atoms with Crippen LogP contribution >= 0.6 is 0 Å². The van der Waals surface area contributed by atoms with Gasteiger partial charge in [0.05, 0.1) is 13.0 Å². The van der Waals surface area contributed by atoms with Gasteiger partial charge >= 0.3 is 5.97 Å². The van der Waals surface area contributed by atoms with Gasteiger partial charge in [0.2, 0.25) is 5.82 Å². The van der Waals surface area contributed by atoms with Gasteiger partial charge in [0.25, 0.3) is 0 Å². The Morgan fingerprint density at radius 2 is 2.57 bits per heavy atom. The Kier molecular flexibility index (Phi) is 3.24. The van der Waals surface area contributed by atoms with Crippen molar-refractivity contribution in [3.05, 3.63) is 18.2 Å². The van der Waals surface area contributed by atoms with E-state index < -0.39 is 0 Å². The van der Waals surface area contributed by atoms with Crippen molar-refractivity contribution in [2.45, 2.75) is 13.5 Å². The van der Waals surface area contributed by atoms with Gasteiger partial charge in [-0.05, 0) is 0 Å². The maximum Gasteiger partial charge on any atom is 0.310 e. The van der Waals surface area contributed by atoms with Gasteiger partial charge in [-0.3, -0.25) is 4.79 Å². The van der Waals surface area contributed by atoms with Crippen LogP contribution in [-0.2, 0) is 16.1 Å². The molecule has 0 aliphatic rings. The second-order valence-corrected chi connectivity index (χ2v) is 2.94. The first-order chi connectivity index (χ1) is 6.69. The number of ether oxygens (including phenoxy) is 1. The molecule has 14 heavy (non-hydrogen) atoms. The Morgan fingerprint density at radius 3 is 3.14 bits per heavy atom. The third-order valence-corrected chi connectivity index (χ3v) is 1.89. The summed E-state index contributed by atoms with van der Waals surface area (Å²) in [4.78, 5) is 14.9. The average molecular weight is 193 g/mol. The average Bonchev–Trinajstić information content (AvgIpc) is 2.63. The quantitative estimate of drug-likeness (QED) is 0.658. The summed E-state index contributed by atoms with van der Waals surface area (Å²) < 4.78 is 6.21. The Morgan fingerprint density at radius 1 is 1.86 bits per heavy atom. The Balaban J connectivity index is 2.70. The van der Waals surface area contributed by atoms with E-state index in [-0.39, 0.29) is 11.9 Å². The summed E-state index contributed by atoms with van der Waals surface area (Å²) >= 11 is 0. The van der Waals surface area contributed by atoms with Crippen LogP contribution in [0.15, 0.2) is 12.4 Å². The first-order valence-corrected chi connectivity index (χ1v) is 4.18. The zero-order chi connectivity index (χ0) is 10.6. The van der Waals surface area contributed by atoms with Crippen LogP contribution in [0, 0.1) is 17.2 Å². The maximum atomic E-state index is 11.1. The highest BCUT2D eigenvalue weighted by Crippen LogP contribution is 2.05. The maximum absolute atomic E-state index is 11.1. The van der Waals surface area contributed by atoms with Crippen molar-refractivity contribution < 1.29 is 9.53 Å². The number of imidazole rings is 1. The lowest BCUT2D eigenvalue weighted by molar-refractivity contribution is -0.145. The summed E-state index contributed by atoms with van der Waals surface area (Å²) in [5.74, 6) is -0.260. The predicted molar refractivity (Wildman–Crippen MR) is 48.1 cm³/mol. The molecule has 0 spiro atoms.